The summed E-state index contributed by atoms with van der Waals surface area (Å²) < 4.78 is 37.4. The van der Waals surface area contributed by atoms with Gasteiger partial charge in [-0.2, -0.15) is 0 Å². The van der Waals surface area contributed by atoms with Crippen LogP contribution in [0.2, 0.25) is 15.1 Å². The highest BCUT2D eigenvalue weighted by molar-refractivity contribution is 6.31. The van der Waals surface area contributed by atoms with E-state index in [-0.39, 0.29) is 21.7 Å². The zero-order chi connectivity index (χ0) is 51.9. The summed E-state index contributed by atoms with van der Waals surface area (Å²) >= 11 is 16.7. The normalized spacial score (nSPS) is 12.1. The standard InChI is InChI=1S/C8H9ClFN.C8H9Cl.C8H9F.C8H16.C8H10.C7H7ClFN.C4H11N.C4H8.C3H9N/c1-11(2)6-3-4-8(10)7(9)5-6;2*1-2-7-3-5-8(9)6-4-7;2*1-2-8-6-4-3-5-7-8;1-10-5-2-3-6(8)7(9)4-5;1-4(2)5-3;1-4-2-3-4;1-4(2)3/h3-5H,1-2H3;2*3-6H,2H2,1H3;8H,2-7H2,1H3;3-7H,2H2,1H3;2-4,10H,1H3;4-5H,1-3H3;4H,2-3H2,1H3;1-3H3. The first-order chi connectivity index (χ1) is 32.3. The summed E-state index contributed by atoms with van der Waals surface area (Å²) in [5.41, 5.74) is 5.54. The van der Waals surface area contributed by atoms with Gasteiger partial charge < -0.3 is 20.4 Å². The Bertz CT molecular complexity index is 1850. The molecule has 0 aromatic heterocycles. The Kier molecular flexibility index (Phi) is 41.2. The lowest BCUT2D eigenvalue weighted by Gasteiger charge is -2.18. The molecule has 2 aliphatic rings. The molecule has 7 rings (SSSR count). The van der Waals surface area contributed by atoms with E-state index >= 15 is 0 Å². The van der Waals surface area contributed by atoms with Crippen LogP contribution in [0.4, 0.5) is 24.5 Å². The predicted octanol–water partition coefficient (Wildman–Crippen LogP) is 17.8. The van der Waals surface area contributed by atoms with Gasteiger partial charge in [-0.05, 0) is 137 Å². The second kappa shape index (κ2) is 42.2. The van der Waals surface area contributed by atoms with Crippen LogP contribution in [0, 0.1) is 29.3 Å². The molecule has 0 radical (unpaired) electrons. The van der Waals surface area contributed by atoms with Gasteiger partial charge in [0.1, 0.15) is 17.5 Å². The van der Waals surface area contributed by atoms with Gasteiger partial charge in [0.15, 0.2) is 0 Å². The number of rotatable bonds is 7. The van der Waals surface area contributed by atoms with Gasteiger partial charge in [-0.25, -0.2) is 13.2 Å². The van der Waals surface area contributed by atoms with Gasteiger partial charge in [0.05, 0.1) is 10.0 Å². The predicted molar refractivity (Wildman–Crippen MR) is 298 cm³/mol. The van der Waals surface area contributed by atoms with Crippen molar-refractivity contribution in [1.82, 2.24) is 10.2 Å². The van der Waals surface area contributed by atoms with Crippen molar-refractivity contribution >= 4 is 46.2 Å². The van der Waals surface area contributed by atoms with E-state index in [2.05, 4.69) is 76.4 Å². The fourth-order valence-electron chi connectivity index (χ4n) is 5.33. The Balaban J connectivity index is 0. The number of hydrogen-bond acceptors (Lipinski definition) is 4. The molecule has 0 saturated heterocycles. The van der Waals surface area contributed by atoms with E-state index in [1.165, 1.54) is 98.4 Å². The molecular formula is C58H88Cl3F3N4. The van der Waals surface area contributed by atoms with Crippen LogP contribution in [0.15, 0.2) is 115 Å². The summed E-state index contributed by atoms with van der Waals surface area (Å²) in [6.45, 7) is 15.2. The van der Waals surface area contributed by atoms with E-state index in [9.17, 15) is 13.2 Å². The smallest absolute Gasteiger partial charge is 0.143 e. The molecule has 2 fully saturated rings. The summed E-state index contributed by atoms with van der Waals surface area (Å²) in [5.74, 6) is 1.24. The SMILES string of the molecule is CC1CC1.CCC1CCCCC1.CCc1ccc(Cl)cc1.CCc1ccc(F)cc1.CCc1ccccc1.CN(C)C.CN(C)c1ccc(F)c(Cl)c1.CNC(C)C.CNc1ccc(Cl)c(F)c1. The first-order valence-corrected chi connectivity index (χ1v) is 25.5. The van der Waals surface area contributed by atoms with Crippen LogP contribution in [0.3, 0.4) is 0 Å². The minimum Gasteiger partial charge on any atom is -0.388 e. The van der Waals surface area contributed by atoms with Crippen molar-refractivity contribution in [3.8, 4) is 0 Å². The summed E-state index contributed by atoms with van der Waals surface area (Å²) in [6, 6.07) is 34.8. The van der Waals surface area contributed by atoms with Crippen molar-refractivity contribution in [2.24, 2.45) is 11.8 Å². The third-order valence-corrected chi connectivity index (χ3v) is 11.1. The molecule has 0 aliphatic heterocycles. The molecule has 2 saturated carbocycles. The van der Waals surface area contributed by atoms with Crippen LogP contribution < -0.4 is 15.5 Å². The van der Waals surface area contributed by atoms with Gasteiger partial charge in [-0.15, -0.1) is 0 Å². The molecule has 10 heteroatoms. The van der Waals surface area contributed by atoms with Crippen molar-refractivity contribution < 1.29 is 13.2 Å². The molecule has 0 unspecified atom stereocenters. The zero-order valence-corrected chi connectivity index (χ0v) is 46.4. The van der Waals surface area contributed by atoms with Gasteiger partial charge in [0, 0.05) is 43.6 Å². The molecule has 0 heterocycles. The van der Waals surface area contributed by atoms with E-state index < -0.39 is 5.82 Å². The minimum atomic E-state index is -0.395. The van der Waals surface area contributed by atoms with Crippen LogP contribution >= 0.6 is 34.8 Å². The highest BCUT2D eigenvalue weighted by Gasteiger charge is 2.12. The van der Waals surface area contributed by atoms with Crippen LogP contribution in [0.25, 0.3) is 0 Å². The molecule has 5 aromatic rings. The Hall–Kier alpha value is -3.72. The van der Waals surface area contributed by atoms with Crippen molar-refractivity contribution in [3.63, 3.8) is 0 Å². The lowest BCUT2D eigenvalue weighted by molar-refractivity contribution is 0.349. The first kappa shape index (κ1) is 66.4. The Labute approximate surface area is 428 Å². The summed E-state index contributed by atoms with van der Waals surface area (Å²) in [6.07, 6.45) is 15.1. The third kappa shape index (κ3) is 39.2. The minimum absolute atomic E-state index is 0.152. The average Bonchev–Trinajstić information content (AvgIpc) is 4.14. The van der Waals surface area contributed by atoms with Crippen molar-refractivity contribution in [2.45, 2.75) is 125 Å². The number of nitrogens with one attached hydrogen (secondary N) is 2. The van der Waals surface area contributed by atoms with E-state index in [0.717, 1.165) is 47.5 Å². The lowest BCUT2D eigenvalue weighted by atomic mass is 9.88. The molecular weight excluding hydrogens is 916 g/mol. The van der Waals surface area contributed by atoms with Crippen LogP contribution in [0.5, 0.6) is 0 Å². The van der Waals surface area contributed by atoms with E-state index in [4.69, 9.17) is 34.8 Å². The van der Waals surface area contributed by atoms with E-state index in [0.29, 0.717) is 6.04 Å². The number of hydrogen-bond donors (Lipinski definition) is 2. The molecule has 2 N–H and O–H groups in total. The molecule has 0 bridgehead atoms. The lowest BCUT2D eigenvalue weighted by Crippen LogP contribution is -2.15. The number of aryl methyl sites for hydroxylation is 3. The largest absolute Gasteiger partial charge is 0.388 e. The van der Waals surface area contributed by atoms with Gasteiger partial charge >= 0.3 is 0 Å². The Morgan fingerprint density at radius 3 is 1.37 bits per heavy atom. The molecule has 0 spiro atoms. The molecule has 68 heavy (non-hydrogen) atoms. The molecule has 382 valence electrons. The number of benzene rings is 5. The van der Waals surface area contributed by atoms with Crippen LogP contribution in [0.1, 0.15) is 117 Å². The van der Waals surface area contributed by atoms with Crippen molar-refractivity contribution in [1.29, 1.82) is 0 Å². The second-order valence-electron chi connectivity index (χ2n) is 17.6. The highest BCUT2D eigenvalue weighted by atomic mass is 35.5. The van der Waals surface area contributed by atoms with Crippen molar-refractivity contribution in [2.75, 3.05) is 59.6 Å². The molecule has 0 atom stereocenters. The quantitative estimate of drug-likeness (QED) is 0.170. The Morgan fingerprint density at radius 2 is 1.03 bits per heavy atom. The van der Waals surface area contributed by atoms with Crippen molar-refractivity contribution in [3.05, 3.63) is 164 Å². The number of nitrogens with zero attached hydrogens (tertiary/aromatic N) is 2. The second-order valence-corrected chi connectivity index (χ2v) is 18.8. The molecule has 0 amide bonds. The maximum Gasteiger partial charge on any atom is 0.143 e. The van der Waals surface area contributed by atoms with Gasteiger partial charge in [-0.1, -0.05) is 189 Å². The maximum atomic E-state index is 12.6. The molecule has 4 nitrogen and oxygen atoms in total. The first-order valence-electron chi connectivity index (χ1n) is 24.3. The van der Waals surface area contributed by atoms with E-state index in [1.807, 2.05) is 89.3 Å². The zero-order valence-electron chi connectivity index (χ0n) is 44.1. The Morgan fingerprint density at radius 1 is 0.574 bits per heavy atom. The summed E-state index contributed by atoms with van der Waals surface area (Å²) in [5, 5.41) is 6.95. The summed E-state index contributed by atoms with van der Waals surface area (Å²) in [7, 11) is 13.4. The molecule has 2 aliphatic carbocycles. The van der Waals surface area contributed by atoms with Crippen LogP contribution in [-0.2, 0) is 19.3 Å². The fourth-order valence-corrected chi connectivity index (χ4v) is 5.75. The maximum absolute atomic E-state index is 12.6. The topological polar surface area (TPSA) is 30.5 Å². The number of halogens is 6. The highest BCUT2D eigenvalue weighted by Crippen LogP contribution is 2.27. The van der Waals surface area contributed by atoms with Gasteiger partial charge in [-0.3, -0.25) is 0 Å². The summed E-state index contributed by atoms with van der Waals surface area (Å²) in [4.78, 5) is 3.87. The fraction of sp³-hybridized carbons (Fsp3) is 0.483. The van der Waals surface area contributed by atoms with E-state index in [1.54, 1.807) is 37.4 Å². The van der Waals surface area contributed by atoms with Gasteiger partial charge in [0.2, 0.25) is 0 Å². The molecule has 5 aromatic carbocycles. The number of anilines is 2. The average molecular weight is 1000 g/mol. The van der Waals surface area contributed by atoms with Crippen LogP contribution in [-0.4, -0.2) is 60.3 Å². The third-order valence-electron chi connectivity index (χ3n) is 10.3. The monoisotopic (exact) mass is 1000 g/mol. The van der Waals surface area contributed by atoms with Gasteiger partial charge in [0.25, 0.3) is 0 Å².